The van der Waals surface area contributed by atoms with Crippen molar-refractivity contribution in [2.45, 2.75) is 62.4 Å². The van der Waals surface area contributed by atoms with E-state index in [9.17, 15) is 24.6 Å². The van der Waals surface area contributed by atoms with Crippen LogP contribution < -0.4 is 10.8 Å². The van der Waals surface area contributed by atoms with Gasteiger partial charge in [0.05, 0.1) is 24.4 Å². The number of carboxylic acids is 1. The number of carbonyl (C=O) groups excluding carboxylic acids is 2. The van der Waals surface area contributed by atoms with Crippen LogP contribution in [-0.2, 0) is 32.2 Å². The highest BCUT2D eigenvalue weighted by molar-refractivity contribution is 7.99. The summed E-state index contributed by atoms with van der Waals surface area (Å²) in [6.45, 7) is 0.258. The summed E-state index contributed by atoms with van der Waals surface area (Å²) in [5.41, 5.74) is 7.09. The molecule has 2 heterocycles. The Kier molecular flexibility index (Phi) is 12.3. The molecule has 3 aromatic carbocycles. The molecule has 12 heteroatoms. The highest BCUT2D eigenvalue weighted by Crippen LogP contribution is 2.40. The van der Waals surface area contributed by atoms with Crippen LogP contribution >= 0.6 is 11.8 Å². The number of aliphatic hydroxyl groups is 1. The summed E-state index contributed by atoms with van der Waals surface area (Å²) in [4.78, 5) is 39.5. The van der Waals surface area contributed by atoms with Gasteiger partial charge in [0, 0.05) is 43.3 Å². The first kappa shape index (κ1) is 34.7. The van der Waals surface area contributed by atoms with E-state index in [1.54, 1.807) is 17.7 Å². The van der Waals surface area contributed by atoms with Crippen molar-refractivity contribution in [3.63, 3.8) is 0 Å². The van der Waals surface area contributed by atoms with Gasteiger partial charge in [-0.2, -0.15) is 0 Å². The van der Waals surface area contributed by atoms with Gasteiger partial charge in [-0.15, -0.1) is 11.8 Å². The van der Waals surface area contributed by atoms with Crippen LogP contribution in [0.2, 0.25) is 0 Å². The number of benzene rings is 3. The summed E-state index contributed by atoms with van der Waals surface area (Å²) in [5.74, 6) is -1.28. The van der Waals surface area contributed by atoms with Gasteiger partial charge in [0.15, 0.2) is 6.29 Å². The van der Waals surface area contributed by atoms with Crippen LogP contribution in [0.15, 0.2) is 96.2 Å². The van der Waals surface area contributed by atoms with Gasteiger partial charge in [0.1, 0.15) is 5.03 Å². The van der Waals surface area contributed by atoms with Crippen molar-refractivity contribution in [2.24, 2.45) is 0 Å². The lowest BCUT2D eigenvalue weighted by Gasteiger charge is -2.36. The van der Waals surface area contributed by atoms with Gasteiger partial charge >= 0.3 is 5.97 Å². The number of hydrogen-bond acceptors (Lipinski definition) is 9. The molecule has 1 aliphatic rings. The average Bonchev–Trinajstić information content (AvgIpc) is 3.13. The monoisotopic (exact) mass is 671 g/mol. The molecule has 5 N–H and O–H groups in total. The van der Waals surface area contributed by atoms with Crippen LogP contribution in [0, 0.1) is 0 Å². The Hall–Kier alpha value is -4.59. The number of rotatable bonds is 14. The first-order valence-electron chi connectivity index (χ1n) is 15.5. The number of pyridine rings is 1. The van der Waals surface area contributed by atoms with Crippen molar-refractivity contribution in [3.8, 4) is 11.1 Å². The number of thioether (sulfide) groups is 1. The van der Waals surface area contributed by atoms with Crippen molar-refractivity contribution < 1.29 is 39.3 Å². The second-order valence-corrected chi connectivity index (χ2v) is 12.3. The Morgan fingerprint density at radius 1 is 0.875 bits per heavy atom. The molecular weight excluding hydrogens is 634 g/mol. The molecule has 0 spiro atoms. The average molecular weight is 672 g/mol. The maximum atomic E-state index is 12.3. The molecule has 3 atom stereocenters. The molecule has 1 fully saturated rings. The molecule has 48 heavy (non-hydrogen) atoms. The number of aromatic nitrogens is 1. The van der Waals surface area contributed by atoms with Gasteiger partial charge in [-0.25, -0.2) is 15.3 Å². The zero-order chi connectivity index (χ0) is 33.9. The third kappa shape index (κ3) is 9.27. The number of aliphatic hydroxyl groups excluding tert-OH is 1. The van der Waals surface area contributed by atoms with E-state index in [0.29, 0.717) is 30.2 Å². The van der Waals surface area contributed by atoms with E-state index < -0.39 is 18.2 Å². The molecule has 0 bridgehead atoms. The highest BCUT2D eigenvalue weighted by atomic mass is 32.2. The van der Waals surface area contributed by atoms with Crippen LogP contribution in [0.5, 0.6) is 0 Å². The summed E-state index contributed by atoms with van der Waals surface area (Å²) >= 11 is 1.33. The van der Waals surface area contributed by atoms with Crippen LogP contribution in [0.3, 0.4) is 0 Å². The van der Waals surface area contributed by atoms with Crippen molar-refractivity contribution in [3.05, 3.63) is 119 Å². The lowest BCUT2D eigenvalue weighted by Crippen LogP contribution is -2.31. The van der Waals surface area contributed by atoms with E-state index >= 15 is 0 Å². The van der Waals surface area contributed by atoms with Crippen LogP contribution in [0.1, 0.15) is 70.7 Å². The quantitative estimate of drug-likeness (QED) is 0.0650. The zero-order valence-electron chi connectivity index (χ0n) is 26.1. The van der Waals surface area contributed by atoms with Crippen LogP contribution in [0.25, 0.3) is 11.1 Å². The molecule has 0 aliphatic carbocycles. The molecule has 2 amide bonds. The third-order valence-corrected chi connectivity index (χ3v) is 9.08. The van der Waals surface area contributed by atoms with E-state index in [1.165, 1.54) is 17.8 Å². The minimum Gasteiger partial charge on any atom is -0.478 e. The normalized spacial score (nSPS) is 17.4. The Morgan fingerprint density at radius 3 is 2.33 bits per heavy atom. The molecule has 3 unspecified atom stereocenters. The first-order valence-corrected chi connectivity index (χ1v) is 16.5. The number of carbonyl (C=O) groups is 3. The van der Waals surface area contributed by atoms with Crippen molar-refractivity contribution in [2.75, 3.05) is 5.75 Å². The predicted molar refractivity (Wildman–Crippen MR) is 178 cm³/mol. The minimum absolute atomic E-state index is 0.0554. The van der Waals surface area contributed by atoms with Crippen molar-refractivity contribution in [1.29, 1.82) is 0 Å². The van der Waals surface area contributed by atoms with Gasteiger partial charge in [-0.3, -0.25) is 14.8 Å². The van der Waals surface area contributed by atoms with E-state index in [2.05, 4.69) is 10.3 Å². The van der Waals surface area contributed by atoms with Gasteiger partial charge in [-0.1, -0.05) is 72.8 Å². The number of nitrogens with zero attached hydrogens (tertiary/aromatic N) is 1. The van der Waals surface area contributed by atoms with Gasteiger partial charge in [0.2, 0.25) is 11.8 Å². The second kappa shape index (κ2) is 17.0. The molecule has 11 nitrogen and oxygen atoms in total. The van der Waals surface area contributed by atoms with Crippen molar-refractivity contribution in [1.82, 2.24) is 15.8 Å². The number of aromatic carboxylic acids is 1. The molecule has 4 aromatic rings. The molecule has 0 saturated carbocycles. The standard InChI is InChI=1S/C36H37N3O8S/c40-21-23-10-12-25(13-11-23)31-19-28(22-48-34-30(35(43)44)7-4-18-37-34)46-36(47-31)26-16-14-24(15-17-26)29-6-2-1-5-27(29)20-38-32(41)8-3-9-33(42)39-45/h1-2,4-7,10-18,28,31,36,40,45H,3,8-9,19-22H2,(H,38,41)(H,39,42)(H,43,44). The summed E-state index contributed by atoms with van der Waals surface area (Å²) in [6.07, 6.45) is 1.41. The Bertz CT molecular complexity index is 1700. The first-order chi connectivity index (χ1) is 23.3. The van der Waals surface area contributed by atoms with Gasteiger partial charge in [0.25, 0.3) is 0 Å². The molecule has 1 saturated heterocycles. The summed E-state index contributed by atoms with van der Waals surface area (Å²) < 4.78 is 12.9. The number of carboxylic acid groups (broad SMARTS) is 1. The fourth-order valence-corrected chi connectivity index (χ4v) is 6.39. The number of hydroxylamine groups is 1. The molecular formula is C36H37N3O8S. The molecule has 250 valence electrons. The topological polar surface area (TPSA) is 167 Å². The Labute approximate surface area is 282 Å². The lowest BCUT2D eigenvalue weighted by molar-refractivity contribution is -0.245. The smallest absolute Gasteiger partial charge is 0.338 e. The maximum Gasteiger partial charge on any atom is 0.338 e. The summed E-state index contributed by atoms with van der Waals surface area (Å²) in [7, 11) is 0. The van der Waals surface area contributed by atoms with Gasteiger partial charge < -0.3 is 25.0 Å². The lowest BCUT2D eigenvalue weighted by atomic mass is 9.97. The second-order valence-electron chi connectivity index (χ2n) is 11.3. The van der Waals surface area contributed by atoms with Crippen LogP contribution in [-0.4, -0.2) is 50.0 Å². The fourth-order valence-electron chi connectivity index (χ4n) is 5.39. The predicted octanol–water partition coefficient (Wildman–Crippen LogP) is 5.57. The van der Waals surface area contributed by atoms with E-state index in [-0.39, 0.29) is 43.1 Å². The molecule has 0 radical (unpaired) electrons. The van der Waals surface area contributed by atoms with Crippen LogP contribution in [0.4, 0.5) is 0 Å². The van der Waals surface area contributed by atoms with E-state index in [0.717, 1.165) is 33.4 Å². The number of amides is 2. The van der Waals surface area contributed by atoms with Crippen molar-refractivity contribution >= 4 is 29.5 Å². The maximum absolute atomic E-state index is 12.3. The Morgan fingerprint density at radius 2 is 1.60 bits per heavy atom. The number of hydrogen-bond donors (Lipinski definition) is 5. The molecule has 5 rings (SSSR count). The number of nitrogens with one attached hydrogen (secondary N) is 2. The SMILES string of the molecule is O=C(CCCC(=O)NCc1ccccc1-c1ccc(C2OC(CSc3ncccc3C(=O)O)CC(c3ccc(CO)cc3)O2)cc1)NO. The summed E-state index contributed by atoms with van der Waals surface area (Å²) in [6, 6.07) is 26.4. The Balaban J connectivity index is 1.30. The number of ether oxygens (including phenoxy) is 2. The van der Waals surface area contributed by atoms with Gasteiger partial charge in [-0.05, 0) is 46.4 Å². The minimum atomic E-state index is -1.04. The summed E-state index contributed by atoms with van der Waals surface area (Å²) in [5, 5.41) is 31.0. The third-order valence-electron chi connectivity index (χ3n) is 7.94. The molecule has 1 aromatic heterocycles. The molecule has 1 aliphatic heterocycles. The van der Waals surface area contributed by atoms with E-state index in [4.69, 9.17) is 14.7 Å². The fraction of sp³-hybridized carbons (Fsp3) is 0.278. The zero-order valence-corrected chi connectivity index (χ0v) is 26.9. The highest BCUT2D eigenvalue weighted by Gasteiger charge is 2.32. The largest absolute Gasteiger partial charge is 0.478 e. The van der Waals surface area contributed by atoms with E-state index in [1.807, 2.05) is 72.8 Å².